The van der Waals surface area contributed by atoms with Crippen LogP contribution >= 0.6 is 22.9 Å². The molecule has 0 atom stereocenters. The Kier molecular flexibility index (Phi) is 6.98. The lowest BCUT2D eigenvalue weighted by atomic mass is 10.1. The van der Waals surface area contributed by atoms with Crippen LogP contribution in [0.5, 0.6) is 23.0 Å². The first kappa shape index (κ1) is 22.5. The Labute approximate surface area is 198 Å². The van der Waals surface area contributed by atoms with Gasteiger partial charge in [-0.25, -0.2) is 4.98 Å². The average Bonchev–Trinajstić information content (AvgIpc) is 3.48. The van der Waals surface area contributed by atoms with Gasteiger partial charge in [0.25, 0.3) is 5.91 Å². The van der Waals surface area contributed by atoms with Gasteiger partial charge in [0.15, 0.2) is 28.1 Å². The minimum Gasteiger partial charge on any atom is -0.490 e. The molecule has 1 aromatic heterocycles. The van der Waals surface area contributed by atoms with Crippen molar-refractivity contribution in [1.29, 1.82) is 5.26 Å². The number of nitriles is 1. The lowest BCUT2D eigenvalue weighted by molar-refractivity contribution is -0.112. The number of halogens is 1. The van der Waals surface area contributed by atoms with Crippen LogP contribution in [0.25, 0.3) is 6.08 Å². The van der Waals surface area contributed by atoms with Gasteiger partial charge >= 0.3 is 0 Å². The van der Waals surface area contributed by atoms with Crippen LogP contribution < -0.4 is 24.3 Å². The second-order valence-electron chi connectivity index (χ2n) is 6.70. The van der Waals surface area contributed by atoms with Crippen LogP contribution in [-0.4, -0.2) is 24.3 Å². The van der Waals surface area contributed by atoms with Gasteiger partial charge in [-0.1, -0.05) is 17.7 Å². The second-order valence-corrected chi connectivity index (χ2v) is 8.00. The van der Waals surface area contributed by atoms with Crippen molar-refractivity contribution >= 4 is 40.1 Å². The third-order valence-corrected chi connectivity index (χ3v) is 5.45. The number of fused-ring (bicyclic) bond motifs is 1. The molecule has 168 valence electrons. The third-order valence-electron chi connectivity index (χ3n) is 4.48. The van der Waals surface area contributed by atoms with Crippen molar-refractivity contribution in [2.24, 2.45) is 0 Å². The van der Waals surface area contributed by atoms with Gasteiger partial charge in [-0.2, -0.15) is 5.26 Å². The Bertz CT molecular complexity index is 1240. The highest BCUT2D eigenvalue weighted by Gasteiger charge is 2.17. The molecule has 0 saturated carbocycles. The fourth-order valence-corrected chi connectivity index (χ4v) is 3.82. The molecule has 0 spiro atoms. The highest BCUT2D eigenvalue weighted by molar-refractivity contribution is 7.13. The number of aromatic nitrogens is 1. The Balaban J connectivity index is 1.55. The van der Waals surface area contributed by atoms with Crippen LogP contribution in [0.4, 0.5) is 5.13 Å². The topological polar surface area (TPSA) is 103 Å². The predicted octanol–water partition coefficient (Wildman–Crippen LogP) is 5.05. The fraction of sp³-hybridized carbons (Fsp3) is 0.174. The third kappa shape index (κ3) is 5.37. The van der Waals surface area contributed by atoms with Gasteiger partial charge in [0.1, 0.15) is 18.2 Å². The highest BCUT2D eigenvalue weighted by atomic mass is 35.5. The van der Waals surface area contributed by atoms with E-state index >= 15 is 0 Å². The molecular formula is C23H18ClN3O5S. The first-order chi connectivity index (χ1) is 16.1. The summed E-state index contributed by atoms with van der Waals surface area (Å²) >= 11 is 7.74. The number of nitrogens with zero attached hydrogens (tertiary/aromatic N) is 2. The van der Waals surface area contributed by atoms with Gasteiger partial charge in [-0.15, -0.1) is 11.3 Å². The average molecular weight is 484 g/mol. The summed E-state index contributed by atoms with van der Waals surface area (Å²) in [7, 11) is 0. The molecule has 0 saturated heterocycles. The van der Waals surface area contributed by atoms with Gasteiger partial charge in [0.2, 0.25) is 6.79 Å². The lowest BCUT2D eigenvalue weighted by Gasteiger charge is -2.15. The molecule has 3 aromatic rings. The van der Waals surface area contributed by atoms with E-state index in [1.54, 1.807) is 23.7 Å². The summed E-state index contributed by atoms with van der Waals surface area (Å²) in [4.78, 5) is 16.4. The summed E-state index contributed by atoms with van der Waals surface area (Å²) in [6.45, 7) is 2.63. The van der Waals surface area contributed by atoms with E-state index < -0.39 is 5.91 Å². The van der Waals surface area contributed by atoms with E-state index in [1.165, 1.54) is 17.4 Å². The van der Waals surface area contributed by atoms with Gasteiger partial charge in [0, 0.05) is 11.6 Å². The molecule has 0 aliphatic carbocycles. The molecular weight excluding hydrogens is 466 g/mol. The lowest BCUT2D eigenvalue weighted by Crippen LogP contribution is -2.13. The molecule has 0 radical (unpaired) electrons. The first-order valence-electron chi connectivity index (χ1n) is 9.87. The Morgan fingerprint density at radius 1 is 1.30 bits per heavy atom. The number of hydrogen-bond acceptors (Lipinski definition) is 8. The van der Waals surface area contributed by atoms with Crippen LogP contribution in [0.2, 0.25) is 5.02 Å². The van der Waals surface area contributed by atoms with E-state index in [0.717, 1.165) is 5.56 Å². The summed E-state index contributed by atoms with van der Waals surface area (Å²) in [5, 5.41) is 14.5. The molecule has 8 nitrogen and oxygen atoms in total. The number of rotatable bonds is 8. The summed E-state index contributed by atoms with van der Waals surface area (Å²) < 4.78 is 22.4. The van der Waals surface area contributed by atoms with Crippen LogP contribution in [0.3, 0.4) is 0 Å². The standard InChI is InChI=1S/C23H18ClN3O5S/c1-2-29-20-10-15(7-16(11-25)22(28)27-23-26-5-6-33-23)8-17(24)21(20)30-12-14-3-4-18-19(9-14)32-13-31-18/h3-10H,2,12-13H2,1H3,(H,26,27,28)/b16-7-. The van der Waals surface area contributed by atoms with Gasteiger partial charge in [-0.3, -0.25) is 10.1 Å². The van der Waals surface area contributed by atoms with Crippen molar-refractivity contribution < 1.29 is 23.7 Å². The fourth-order valence-electron chi connectivity index (χ4n) is 3.03. The first-order valence-corrected chi connectivity index (χ1v) is 11.1. The van der Waals surface area contributed by atoms with Gasteiger partial charge < -0.3 is 18.9 Å². The molecule has 2 aromatic carbocycles. The molecule has 1 amide bonds. The maximum atomic E-state index is 12.4. The summed E-state index contributed by atoms with van der Waals surface area (Å²) in [6.07, 6.45) is 2.99. The van der Waals surface area contributed by atoms with Crippen molar-refractivity contribution in [3.8, 4) is 29.1 Å². The quantitative estimate of drug-likeness (QED) is 0.353. The van der Waals surface area contributed by atoms with E-state index in [2.05, 4.69) is 10.3 Å². The van der Waals surface area contributed by atoms with Crippen LogP contribution in [0, 0.1) is 11.3 Å². The molecule has 33 heavy (non-hydrogen) atoms. The minimum atomic E-state index is -0.565. The molecule has 1 N–H and O–H groups in total. The summed E-state index contributed by atoms with van der Waals surface area (Å²) in [5.74, 6) is 1.54. The highest BCUT2D eigenvalue weighted by Crippen LogP contribution is 2.39. The molecule has 0 unspecified atom stereocenters. The zero-order valence-electron chi connectivity index (χ0n) is 17.5. The summed E-state index contributed by atoms with van der Waals surface area (Å²) in [5.41, 5.74) is 1.29. The number of nitrogens with one attached hydrogen (secondary N) is 1. The number of ether oxygens (including phenoxy) is 4. The van der Waals surface area contributed by atoms with E-state index in [4.69, 9.17) is 30.5 Å². The number of anilines is 1. The number of benzene rings is 2. The maximum absolute atomic E-state index is 12.4. The van der Waals surface area contributed by atoms with Gasteiger partial charge in [-0.05, 0) is 48.4 Å². The van der Waals surface area contributed by atoms with E-state index in [0.29, 0.717) is 40.3 Å². The zero-order valence-corrected chi connectivity index (χ0v) is 19.0. The van der Waals surface area contributed by atoms with Crippen LogP contribution in [0.15, 0.2) is 47.5 Å². The molecule has 4 rings (SSSR count). The van der Waals surface area contributed by atoms with E-state index in [9.17, 15) is 10.1 Å². The monoisotopic (exact) mass is 483 g/mol. The molecule has 0 bridgehead atoms. The van der Waals surface area contributed by atoms with Gasteiger partial charge in [0.05, 0.1) is 11.6 Å². The number of carbonyl (C=O) groups excluding carboxylic acids is 1. The number of thiazole rings is 1. The van der Waals surface area contributed by atoms with E-state index in [1.807, 2.05) is 31.2 Å². The molecule has 10 heteroatoms. The van der Waals surface area contributed by atoms with Crippen molar-refractivity contribution in [2.45, 2.75) is 13.5 Å². The summed E-state index contributed by atoms with van der Waals surface area (Å²) in [6, 6.07) is 10.7. The zero-order chi connectivity index (χ0) is 23.2. The van der Waals surface area contributed by atoms with Crippen molar-refractivity contribution in [2.75, 3.05) is 18.7 Å². The largest absolute Gasteiger partial charge is 0.490 e. The maximum Gasteiger partial charge on any atom is 0.268 e. The normalized spacial score (nSPS) is 12.2. The number of amides is 1. The molecule has 0 fully saturated rings. The van der Waals surface area contributed by atoms with Crippen LogP contribution in [0.1, 0.15) is 18.1 Å². The Morgan fingerprint density at radius 2 is 2.15 bits per heavy atom. The second kappa shape index (κ2) is 10.3. The minimum absolute atomic E-state index is 0.0993. The smallest absolute Gasteiger partial charge is 0.268 e. The van der Waals surface area contributed by atoms with Crippen molar-refractivity contribution in [3.63, 3.8) is 0 Å². The van der Waals surface area contributed by atoms with Crippen LogP contribution in [-0.2, 0) is 11.4 Å². The molecule has 1 aliphatic rings. The van der Waals surface area contributed by atoms with E-state index in [-0.39, 0.29) is 24.0 Å². The SMILES string of the molecule is CCOc1cc(/C=C(/C#N)C(=O)Nc2nccs2)cc(Cl)c1OCc1ccc2c(c1)OCO2. The van der Waals surface area contributed by atoms with Crippen molar-refractivity contribution in [3.05, 3.63) is 63.6 Å². The number of hydrogen-bond donors (Lipinski definition) is 1. The predicted molar refractivity (Wildman–Crippen MR) is 124 cm³/mol. The Morgan fingerprint density at radius 3 is 2.91 bits per heavy atom. The Hall–Kier alpha value is -3.74. The van der Waals surface area contributed by atoms with Crippen molar-refractivity contribution in [1.82, 2.24) is 4.98 Å². The molecule has 2 heterocycles. The molecule has 1 aliphatic heterocycles. The number of carbonyl (C=O) groups is 1.